The molecular weight excluding hydrogens is 222 g/mol. The fraction of sp³-hybridized carbons (Fsp3) is 0.417. The molecule has 0 aromatic heterocycles. The third kappa shape index (κ3) is 4.68. The van der Waals surface area contributed by atoms with Crippen molar-refractivity contribution in [2.45, 2.75) is 18.4 Å². The molecule has 16 heavy (non-hydrogen) atoms. The highest BCUT2D eigenvalue weighted by molar-refractivity contribution is 7.98. The Morgan fingerprint density at radius 3 is 2.62 bits per heavy atom. The molecule has 0 aliphatic heterocycles. The summed E-state index contributed by atoms with van der Waals surface area (Å²) >= 11 is 1.72. The zero-order valence-electron chi connectivity index (χ0n) is 9.66. The standard InChI is InChI=1S/C12H17NO2S/c1-3-15-12(14)9-13-8-10-4-6-11(16-2)7-5-10/h4-7,13H,3,8-9H2,1-2H3. The first-order valence-corrected chi connectivity index (χ1v) is 6.48. The van der Waals surface area contributed by atoms with E-state index in [0.29, 0.717) is 13.2 Å². The smallest absolute Gasteiger partial charge is 0.319 e. The van der Waals surface area contributed by atoms with E-state index in [1.165, 1.54) is 10.5 Å². The second kappa shape index (κ2) is 7.30. The van der Waals surface area contributed by atoms with E-state index in [-0.39, 0.29) is 12.5 Å². The third-order valence-corrected chi connectivity index (χ3v) is 2.81. The van der Waals surface area contributed by atoms with Gasteiger partial charge >= 0.3 is 5.97 Å². The maximum absolute atomic E-state index is 11.0. The van der Waals surface area contributed by atoms with Gasteiger partial charge in [-0.3, -0.25) is 4.79 Å². The zero-order chi connectivity index (χ0) is 11.8. The lowest BCUT2D eigenvalue weighted by atomic mass is 10.2. The van der Waals surface area contributed by atoms with E-state index < -0.39 is 0 Å². The van der Waals surface area contributed by atoms with Gasteiger partial charge in [0.1, 0.15) is 0 Å². The van der Waals surface area contributed by atoms with Crippen LogP contribution in [0.4, 0.5) is 0 Å². The monoisotopic (exact) mass is 239 g/mol. The van der Waals surface area contributed by atoms with Crippen LogP contribution in [-0.4, -0.2) is 25.4 Å². The van der Waals surface area contributed by atoms with E-state index in [1.54, 1.807) is 18.7 Å². The van der Waals surface area contributed by atoms with Crippen molar-refractivity contribution in [2.75, 3.05) is 19.4 Å². The minimum Gasteiger partial charge on any atom is -0.465 e. The van der Waals surface area contributed by atoms with Gasteiger partial charge in [0.15, 0.2) is 0 Å². The van der Waals surface area contributed by atoms with Crippen LogP contribution in [0, 0.1) is 0 Å². The lowest BCUT2D eigenvalue weighted by Gasteiger charge is -2.05. The number of benzene rings is 1. The van der Waals surface area contributed by atoms with Gasteiger partial charge in [-0.2, -0.15) is 0 Å². The fourth-order valence-corrected chi connectivity index (χ4v) is 1.67. The Kier molecular flexibility index (Phi) is 5.96. The van der Waals surface area contributed by atoms with Crippen LogP contribution < -0.4 is 5.32 Å². The van der Waals surface area contributed by atoms with Crippen LogP contribution in [0.25, 0.3) is 0 Å². The first-order chi connectivity index (χ1) is 7.76. The van der Waals surface area contributed by atoms with Gasteiger partial charge in [-0.15, -0.1) is 11.8 Å². The lowest BCUT2D eigenvalue weighted by molar-refractivity contribution is -0.142. The van der Waals surface area contributed by atoms with Gasteiger partial charge in [-0.1, -0.05) is 12.1 Å². The Hall–Kier alpha value is -1.00. The van der Waals surface area contributed by atoms with E-state index >= 15 is 0 Å². The summed E-state index contributed by atoms with van der Waals surface area (Å²) in [6.07, 6.45) is 2.05. The van der Waals surface area contributed by atoms with Crippen LogP contribution in [0.2, 0.25) is 0 Å². The van der Waals surface area contributed by atoms with Crippen molar-refractivity contribution in [1.82, 2.24) is 5.32 Å². The maximum Gasteiger partial charge on any atom is 0.319 e. The summed E-state index contributed by atoms with van der Waals surface area (Å²) in [5, 5.41) is 3.04. The molecule has 0 unspecified atom stereocenters. The number of carbonyl (C=O) groups is 1. The molecule has 1 rings (SSSR count). The molecule has 1 aromatic rings. The average molecular weight is 239 g/mol. The Labute approximate surface area is 101 Å². The molecule has 0 spiro atoms. The molecule has 0 fully saturated rings. The molecule has 1 N–H and O–H groups in total. The van der Waals surface area contributed by atoms with E-state index in [4.69, 9.17) is 4.74 Å². The van der Waals surface area contributed by atoms with Gasteiger partial charge in [0.2, 0.25) is 0 Å². The van der Waals surface area contributed by atoms with Gasteiger partial charge in [-0.25, -0.2) is 0 Å². The second-order valence-electron chi connectivity index (χ2n) is 3.26. The molecule has 0 aliphatic rings. The first-order valence-electron chi connectivity index (χ1n) is 5.25. The summed E-state index contributed by atoms with van der Waals surface area (Å²) in [6.45, 7) is 3.19. The van der Waals surface area contributed by atoms with Crippen molar-refractivity contribution < 1.29 is 9.53 Å². The summed E-state index contributed by atoms with van der Waals surface area (Å²) in [4.78, 5) is 12.3. The quantitative estimate of drug-likeness (QED) is 0.609. The van der Waals surface area contributed by atoms with Crippen molar-refractivity contribution in [3.63, 3.8) is 0 Å². The van der Waals surface area contributed by atoms with Crippen LogP contribution >= 0.6 is 11.8 Å². The van der Waals surface area contributed by atoms with Gasteiger partial charge in [0.25, 0.3) is 0 Å². The second-order valence-corrected chi connectivity index (χ2v) is 4.14. The number of carbonyl (C=O) groups excluding carboxylic acids is 1. The Morgan fingerprint density at radius 1 is 1.38 bits per heavy atom. The Balaban J connectivity index is 2.29. The van der Waals surface area contributed by atoms with Gasteiger partial charge in [0.05, 0.1) is 13.2 Å². The van der Waals surface area contributed by atoms with Crippen molar-refractivity contribution in [1.29, 1.82) is 0 Å². The summed E-state index contributed by atoms with van der Waals surface area (Å²) in [7, 11) is 0. The van der Waals surface area contributed by atoms with E-state index in [2.05, 4.69) is 29.6 Å². The van der Waals surface area contributed by atoms with E-state index in [0.717, 1.165) is 0 Å². The molecule has 0 saturated carbocycles. The van der Waals surface area contributed by atoms with Gasteiger partial charge < -0.3 is 10.1 Å². The SMILES string of the molecule is CCOC(=O)CNCc1ccc(SC)cc1. The first kappa shape index (κ1) is 13.1. The maximum atomic E-state index is 11.0. The number of hydrogen-bond acceptors (Lipinski definition) is 4. The minimum absolute atomic E-state index is 0.205. The minimum atomic E-state index is -0.205. The molecule has 0 heterocycles. The lowest BCUT2D eigenvalue weighted by Crippen LogP contribution is -2.24. The third-order valence-electron chi connectivity index (χ3n) is 2.06. The summed E-state index contributed by atoms with van der Waals surface area (Å²) in [5.74, 6) is -0.205. The zero-order valence-corrected chi connectivity index (χ0v) is 10.5. The fourth-order valence-electron chi connectivity index (χ4n) is 1.26. The van der Waals surface area contributed by atoms with Crippen LogP contribution in [-0.2, 0) is 16.1 Å². The molecule has 3 nitrogen and oxygen atoms in total. The van der Waals surface area contributed by atoms with E-state index in [9.17, 15) is 4.79 Å². The van der Waals surface area contributed by atoms with Crippen molar-refractivity contribution in [2.24, 2.45) is 0 Å². The molecule has 0 aliphatic carbocycles. The predicted octanol–water partition coefficient (Wildman–Crippen LogP) is 2.06. The van der Waals surface area contributed by atoms with Crippen molar-refractivity contribution in [3.05, 3.63) is 29.8 Å². The molecule has 0 saturated heterocycles. The number of esters is 1. The molecule has 0 atom stereocenters. The molecule has 0 radical (unpaired) electrons. The number of thioether (sulfide) groups is 1. The average Bonchev–Trinajstić information content (AvgIpc) is 2.30. The normalized spacial score (nSPS) is 10.1. The Bertz CT molecular complexity index is 324. The summed E-state index contributed by atoms with van der Waals surface area (Å²) < 4.78 is 4.81. The molecule has 4 heteroatoms. The number of hydrogen-bond donors (Lipinski definition) is 1. The molecule has 1 aromatic carbocycles. The highest BCUT2D eigenvalue weighted by Gasteiger charge is 2.00. The van der Waals surface area contributed by atoms with Crippen LogP contribution in [0.3, 0.4) is 0 Å². The van der Waals surface area contributed by atoms with Crippen LogP contribution in [0.15, 0.2) is 29.2 Å². The largest absolute Gasteiger partial charge is 0.465 e. The molecule has 88 valence electrons. The highest BCUT2D eigenvalue weighted by Crippen LogP contribution is 2.14. The Morgan fingerprint density at radius 2 is 2.06 bits per heavy atom. The number of nitrogens with one attached hydrogen (secondary N) is 1. The van der Waals surface area contributed by atoms with Gasteiger partial charge in [-0.05, 0) is 30.9 Å². The van der Waals surface area contributed by atoms with E-state index in [1.807, 2.05) is 6.26 Å². The topological polar surface area (TPSA) is 38.3 Å². The van der Waals surface area contributed by atoms with Gasteiger partial charge in [0, 0.05) is 11.4 Å². The van der Waals surface area contributed by atoms with Crippen LogP contribution in [0.1, 0.15) is 12.5 Å². The van der Waals surface area contributed by atoms with Crippen LogP contribution in [0.5, 0.6) is 0 Å². The number of rotatable bonds is 6. The summed E-state index contributed by atoms with van der Waals surface area (Å²) in [5.41, 5.74) is 1.17. The molecule has 0 bridgehead atoms. The highest BCUT2D eigenvalue weighted by atomic mass is 32.2. The van der Waals surface area contributed by atoms with Crippen molar-refractivity contribution >= 4 is 17.7 Å². The summed E-state index contributed by atoms with van der Waals surface area (Å²) in [6, 6.07) is 8.27. The van der Waals surface area contributed by atoms with Crippen molar-refractivity contribution in [3.8, 4) is 0 Å². The number of ether oxygens (including phenoxy) is 1. The molecule has 0 amide bonds. The molecular formula is C12H17NO2S. The predicted molar refractivity (Wildman–Crippen MR) is 66.6 cm³/mol.